The van der Waals surface area contributed by atoms with Crippen LogP contribution in [0.2, 0.25) is 0 Å². The quantitative estimate of drug-likeness (QED) is 0.702. The zero-order valence-electron chi connectivity index (χ0n) is 12.8. The monoisotopic (exact) mass is 243 g/mol. The maximum absolute atomic E-state index is 3.72. The van der Waals surface area contributed by atoms with Crippen molar-refractivity contribution in [1.29, 1.82) is 0 Å². The third-order valence-electron chi connectivity index (χ3n) is 3.51. The van der Waals surface area contributed by atoms with Crippen LogP contribution in [-0.4, -0.2) is 62.2 Å². The van der Waals surface area contributed by atoms with E-state index in [1.165, 1.54) is 45.6 Å². The largest absolute Gasteiger partial charge is 0.309 e. The van der Waals surface area contributed by atoms with E-state index < -0.39 is 0 Å². The molecule has 2 fully saturated rings. The minimum Gasteiger partial charge on any atom is -0.309 e. The van der Waals surface area contributed by atoms with Crippen LogP contribution >= 0.6 is 0 Å². The van der Waals surface area contributed by atoms with Gasteiger partial charge in [0, 0.05) is 25.2 Å². The molecule has 0 unspecified atom stereocenters. The highest BCUT2D eigenvalue weighted by Crippen LogP contribution is 2.24. The summed E-state index contributed by atoms with van der Waals surface area (Å²) >= 11 is 0. The topological polar surface area (TPSA) is 18.5 Å². The third-order valence-corrected chi connectivity index (χ3v) is 3.51. The van der Waals surface area contributed by atoms with Gasteiger partial charge in [-0.25, -0.2) is 0 Å². The molecule has 0 bridgehead atoms. The molecule has 2 rings (SSSR count). The second-order valence-corrected chi connectivity index (χ2v) is 4.75. The number of nitrogens with one attached hydrogen (secondary N) is 1. The highest BCUT2D eigenvalue weighted by molar-refractivity contribution is 4.97. The summed E-state index contributed by atoms with van der Waals surface area (Å²) in [7, 11) is 4.46. The highest BCUT2D eigenvalue weighted by Gasteiger charge is 2.36. The molecule has 1 N–H and O–H groups in total. The molecule has 2 aliphatic heterocycles. The predicted molar refractivity (Wildman–Crippen MR) is 77.7 cm³/mol. The standard InChI is InChI=1S/C10H21N3.2C2H6/c1-12-6-3-10(4-7-12)9-13(2)8-5-11-10;2*1-2/h11H,3-9H2,1-2H3;2*1-2H3. The van der Waals surface area contributed by atoms with Crippen molar-refractivity contribution in [3.63, 3.8) is 0 Å². The van der Waals surface area contributed by atoms with Gasteiger partial charge in [0.1, 0.15) is 0 Å². The Morgan fingerprint density at radius 2 is 1.35 bits per heavy atom. The summed E-state index contributed by atoms with van der Waals surface area (Å²) in [5.74, 6) is 0. The zero-order chi connectivity index (χ0) is 13.3. The van der Waals surface area contributed by atoms with Gasteiger partial charge in [-0.15, -0.1) is 0 Å². The summed E-state index contributed by atoms with van der Waals surface area (Å²) in [5, 5.41) is 3.72. The van der Waals surface area contributed by atoms with E-state index >= 15 is 0 Å². The lowest BCUT2D eigenvalue weighted by atomic mass is 9.86. The molecule has 2 aliphatic rings. The molecular formula is C14H33N3. The van der Waals surface area contributed by atoms with Crippen LogP contribution < -0.4 is 5.32 Å². The number of likely N-dealkylation sites (N-methyl/N-ethyl adjacent to an activating group) is 1. The molecule has 17 heavy (non-hydrogen) atoms. The molecule has 3 heteroatoms. The van der Waals surface area contributed by atoms with E-state index in [-0.39, 0.29) is 0 Å². The lowest BCUT2D eigenvalue weighted by molar-refractivity contribution is 0.0877. The molecule has 0 aromatic heterocycles. The Kier molecular flexibility index (Phi) is 8.83. The van der Waals surface area contributed by atoms with Crippen LogP contribution in [0, 0.1) is 0 Å². The van der Waals surface area contributed by atoms with Crippen LogP contribution in [-0.2, 0) is 0 Å². The minimum absolute atomic E-state index is 0.444. The van der Waals surface area contributed by atoms with E-state index in [0.29, 0.717) is 5.54 Å². The molecule has 2 saturated heterocycles. The van der Waals surface area contributed by atoms with Crippen LogP contribution in [0.4, 0.5) is 0 Å². The second-order valence-electron chi connectivity index (χ2n) is 4.75. The highest BCUT2D eigenvalue weighted by atomic mass is 15.2. The lowest BCUT2D eigenvalue weighted by Gasteiger charge is -2.47. The average molecular weight is 243 g/mol. The maximum Gasteiger partial charge on any atom is 0.0333 e. The number of likely N-dealkylation sites (tertiary alicyclic amines) is 1. The number of hydrogen-bond donors (Lipinski definition) is 1. The number of nitrogens with zero attached hydrogens (tertiary/aromatic N) is 2. The normalized spacial score (nSPS) is 24.4. The molecular weight excluding hydrogens is 210 g/mol. The molecule has 0 saturated carbocycles. The van der Waals surface area contributed by atoms with Gasteiger partial charge in [-0.3, -0.25) is 0 Å². The van der Waals surface area contributed by atoms with Crippen molar-refractivity contribution in [2.75, 3.05) is 46.8 Å². The molecule has 0 aliphatic carbocycles. The number of rotatable bonds is 0. The Morgan fingerprint density at radius 1 is 0.824 bits per heavy atom. The summed E-state index contributed by atoms with van der Waals surface area (Å²) in [6.45, 7) is 14.1. The fourth-order valence-corrected chi connectivity index (χ4v) is 2.55. The van der Waals surface area contributed by atoms with Crippen LogP contribution in [0.5, 0.6) is 0 Å². The van der Waals surface area contributed by atoms with E-state index in [1.807, 2.05) is 27.7 Å². The van der Waals surface area contributed by atoms with Crippen molar-refractivity contribution in [3.8, 4) is 0 Å². The molecule has 0 aromatic carbocycles. The molecule has 3 nitrogen and oxygen atoms in total. The minimum atomic E-state index is 0.444. The molecule has 0 aromatic rings. The van der Waals surface area contributed by atoms with E-state index in [1.54, 1.807) is 0 Å². The molecule has 0 atom stereocenters. The zero-order valence-corrected chi connectivity index (χ0v) is 12.8. The van der Waals surface area contributed by atoms with Gasteiger partial charge in [0.05, 0.1) is 0 Å². The number of piperidine rings is 1. The van der Waals surface area contributed by atoms with Gasteiger partial charge in [0.2, 0.25) is 0 Å². The Labute approximate surface area is 109 Å². The van der Waals surface area contributed by atoms with Gasteiger partial charge >= 0.3 is 0 Å². The van der Waals surface area contributed by atoms with Crippen LogP contribution in [0.1, 0.15) is 40.5 Å². The summed E-state index contributed by atoms with van der Waals surface area (Å²) in [5.41, 5.74) is 0.444. The van der Waals surface area contributed by atoms with Crippen molar-refractivity contribution >= 4 is 0 Å². The van der Waals surface area contributed by atoms with Crippen molar-refractivity contribution in [1.82, 2.24) is 15.1 Å². The van der Waals surface area contributed by atoms with E-state index in [4.69, 9.17) is 0 Å². The summed E-state index contributed by atoms with van der Waals surface area (Å²) in [6, 6.07) is 0. The van der Waals surface area contributed by atoms with Gasteiger partial charge in [0.25, 0.3) is 0 Å². The van der Waals surface area contributed by atoms with Crippen LogP contribution in [0.25, 0.3) is 0 Å². The number of piperazine rings is 1. The molecule has 104 valence electrons. The van der Waals surface area contributed by atoms with Gasteiger partial charge in [-0.05, 0) is 40.0 Å². The van der Waals surface area contributed by atoms with Gasteiger partial charge in [-0.2, -0.15) is 0 Å². The third kappa shape index (κ3) is 5.36. The second kappa shape index (κ2) is 8.90. The Bertz CT molecular complexity index is 174. The van der Waals surface area contributed by atoms with Crippen molar-refractivity contribution in [2.24, 2.45) is 0 Å². The van der Waals surface area contributed by atoms with Crippen LogP contribution in [0.3, 0.4) is 0 Å². The average Bonchev–Trinajstić information content (AvgIpc) is 2.38. The van der Waals surface area contributed by atoms with Crippen molar-refractivity contribution in [2.45, 2.75) is 46.1 Å². The first-order valence-corrected chi connectivity index (χ1v) is 7.32. The number of hydrogen-bond acceptors (Lipinski definition) is 3. The SMILES string of the molecule is CC.CC.CN1CCC2(CC1)CN(C)CCN2. The Hall–Kier alpha value is -0.120. The van der Waals surface area contributed by atoms with E-state index in [0.717, 1.165) is 0 Å². The first kappa shape index (κ1) is 16.9. The summed E-state index contributed by atoms with van der Waals surface area (Å²) in [4.78, 5) is 4.89. The fraction of sp³-hybridized carbons (Fsp3) is 1.00. The van der Waals surface area contributed by atoms with E-state index in [2.05, 4.69) is 29.2 Å². The van der Waals surface area contributed by atoms with Crippen molar-refractivity contribution in [3.05, 3.63) is 0 Å². The molecule has 0 radical (unpaired) electrons. The Morgan fingerprint density at radius 3 is 1.82 bits per heavy atom. The van der Waals surface area contributed by atoms with Gasteiger partial charge in [-0.1, -0.05) is 27.7 Å². The predicted octanol–water partition coefficient (Wildman–Crippen LogP) is 2.04. The Balaban J connectivity index is 0.000000581. The van der Waals surface area contributed by atoms with Gasteiger partial charge in [0.15, 0.2) is 0 Å². The molecule has 2 heterocycles. The molecule has 1 spiro atoms. The smallest absolute Gasteiger partial charge is 0.0333 e. The van der Waals surface area contributed by atoms with Crippen molar-refractivity contribution < 1.29 is 0 Å². The molecule has 0 amide bonds. The maximum atomic E-state index is 3.72. The summed E-state index contributed by atoms with van der Waals surface area (Å²) in [6.07, 6.45) is 2.63. The first-order valence-electron chi connectivity index (χ1n) is 7.32. The fourth-order valence-electron chi connectivity index (χ4n) is 2.55. The van der Waals surface area contributed by atoms with Crippen LogP contribution in [0.15, 0.2) is 0 Å². The van der Waals surface area contributed by atoms with Gasteiger partial charge < -0.3 is 15.1 Å². The first-order chi connectivity index (χ1) is 8.20. The summed E-state index contributed by atoms with van der Waals surface area (Å²) < 4.78 is 0. The lowest BCUT2D eigenvalue weighted by Crippen LogP contribution is -2.63. The van der Waals surface area contributed by atoms with E-state index in [9.17, 15) is 0 Å².